The average Bonchev–Trinajstić information content (AvgIpc) is 2.83. The molecule has 0 aromatic carbocycles. The van der Waals surface area contributed by atoms with Crippen LogP contribution < -0.4 is 0 Å². The molecule has 0 atom stereocenters. The van der Waals surface area contributed by atoms with Crippen LogP contribution >= 0.6 is 0 Å². The number of ketones is 1. The Morgan fingerprint density at radius 2 is 2.00 bits per heavy atom. The van der Waals surface area contributed by atoms with Crippen LogP contribution in [0.25, 0.3) is 0 Å². The van der Waals surface area contributed by atoms with Gasteiger partial charge in [-0.05, 0) is 26.7 Å². The molecule has 0 fully saturated rings. The van der Waals surface area contributed by atoms with Gasteiger partial charge in [0.05, 0.1) is 0 Å². The molecule has 0 aliphatic heterocycles. The molecule has 0 saturated carbocycles. The van der Waals surface area contributed by atoms with Gasteiger partial charge in [-0.3, -0.25) is 4.79 Å². The lowest BCUT2D eigenvalue weighted by Crippen LogP contribution is -2.42. The van der Waals surface area contributed by atoms with Gasteiger partial charge in [-0.15, -0.1) is 0 Å². The maximum Gasteiger partial charge on any atom is 0.229 e. The summed E-state index contributed by atoms with van der Waals surface area (Å²) in [5.41, 5.74) is -0.715. The fraction of sp³-hybridized carbons (Fsp3) is 0.692. The minimum Gasteiger partial charge on any atom is -0.367 e. The molecule has 0 saturated heterocycles. The van der Waals surface area contributed by atoms with Crippen molar-refractivity contribution in [3.05, 3.63) is 18.2 Å². The summed E-state index contributed by atoms with van der Waals surface area (Å²) in [4.78, 5) is 16.7. The molecule has 0 aliphatic carbocycles. The van der Waals surface area contributed by atoms with E-state index in [-0.39, 0.29) is 5.78 Å². The van der Waals surface area contributed by atoms with Crippen molar-refractivity contribution in [1.82, 2.24) is 9.55 Å². The molecular weight excluding hydrogens is 216 g/mol. The van der Waals surface area contributed by atoms with Crippen LogP contribution in [0.4, 0.5) is 0 Å². The van der Waals surface area contributed by atoms with Crippen LogP contribution in [-0.4, -0.2) is 27.5 Å². The van der Waals surface area contributed by atoms with Gasteiger partial charge in [0.1, 0.15) is 5.60 Å². The van der Waals surface area contributed by atoms with Gasteiger partial charge in [-0.25, -0.2) is 4.98 Å². The van der Waals surface area contributed by atoms with Crippen molar-refractivity contribution >= 4 is 5.78 Å². The fourth-order valence-electron chi connectivity index (χ4n) is 2.09. The molecule has 0 N–H and O–H groups in total. The van der Waals surface area contributed by atoms with Crippen LogP contribution in [0.15, 0.2) is 12.4 Å². The summed E-state index contributed by atoms with van der Waals surface area (Å²) in [5.74, 6) is 0.501. The number of carbonyl (C=O) groups is 1. The molecule has 0 amide bonds. The third-order valence-electron chi connectivity index (χ3n) is 3.24. The van der Waals surface area contributed by atoms with Gasteiger partial charge in [-0.1, -0.05) is 13.8 Å². The van der Waals surface area contributed by atoms with E-state index in [0.29, 0.717) is 25.3 Å². The van der Waals surface area contributed by atoms with Gasteiger partial charge < -0.3 is 9.30 Å². The zero-order valence-electron chi connectivity index (χ0n) is 11.2. The topological polar surface area (TPSA) is 44.1 Å². The van der Waals surface area contributed by atoms with Gasteiger partial charge in [0.25, 0.3) is 0 Å². The minimum absolute atomic E-state index is 0.00352. The summed E-state index contributed by atoms with van der Waals surface area (Å²) < 4.78 is 7.57. The van der Waals surface area contributed by atoms with E-state index in [1.807, 2.05) is 38.5 Å². The number of carbonyl (C=O) groups excluding carboxylic acids is 1. The molecule has 4 nitrogen and oxygen atoms in total. The maximum atomic E-state index is 12.6. The number of Topliss-reactive ketones (excluding diaryl/α,β-unsaturated/α-hetero) is 1. The highest BCUT2D eigenvalue weighted by atomic mass is 16.5. The van der Waals surface area contributed by atoms with Crippen LogP contribution in [0.1, 0.15) is 51.2 Å². The Kier molecular flexibility index (Phi) is 4.87. The van der Waals surface area contributed by atoms with Crippen LogP contribution in [0.3, 0.4) is 0 Å². The van der Waals surface area contributed by atoms with Crippen molar-refractivity contribution in [1.29, 1.82) is 0 Å². The number of imidazole rings is 1. The van der Waals surface area contributed by atoms with Gasteiger partial charge in [0.2, 0.25) is 5.78 Å². The molecule has 1 heterocycles. The molecule has 0 unspecified atom stereocenters. The quantitative estimate of drug-likeness (QED) is 0.686. The lowest BCUT2D eigenvalue weighted by molar-refractivity contribution is -0.0259. The van der Waals surface area contributed by atoms with E-state index in [1.165, 1.54) is 0 Å². The Bertz CT molecular complexity index is 367. The zero-order valence-corrected chi connectivity index (χ0v) is 11.2. The molecule has 17 heavy (non-hydrogen) atoms. The highest BCUT2D eigenvalue weighted by molar-refractivity contribution is 5.99. The Labute approximate surface area is 103 Å². The lowest BCUT2D eigenvalue weighted by Gasteiger charge is -2.29. The first-order valence-electron chi connectivity index (χ1n) is 6.35. The molecule has 0 spiro atoms. The second kappa shape index (κ2) is 5.96. The van der Waals surface area contributed by atoms with Crippen molar-refractivity contribution < 1.29 is 9.53 Å². The summed E-state index contributed by atoms with van der Waals surface area (Å²) in [6.07, 6.45) is 4.84. The second-order valence-electron chi connectivity index (χ2n) is 4.00. The summed E-state index contributed by atoms with van der Waals surface area (Å²) >= 11 is 0. The predicted molar refractivity (Wildman–Crippen MR) is 67.2 cm³/mol. The van der Waals surface area contributed by atoms with E-state index in [2.05, 4.69) is 4.98 Å². The molecule has 0 bridgehead atoms. The monoisotopic (exact) mass is 238 g/mol. The summed E-state index contributed by atoms with van der Waals surface area (Å²) in [6, 6.07) is 0. The van der Waals surface area contributed by atoms with Crippen LogP contribution in [0.2, 0.25) is 0 Å². The molecule has 1 aromatic heterocycles. The lowest BCUT2D eigenvalue weighted by atomic mass is 9.91. The van der Waals surface area contributed by atoms with Crippen LogP contribution in [0.5, 0.6) is 0 Å². The molecule has 96 valence electrons. The zero-order chi connectivity index (χ0) is 12.9. The van der Waals surface area contributed by atoms with E-state index >= 15 is 0 Å². The number of aromatic nitrogens is 2. The maximum absolute atomic E-state index is 12.6. The van der Waals surface area contributed by atoms with E-state index in [0.717, 1.165) is 6.54 Å². The second-order valence-corrected chi connectivity index (χ2v) is 4.00. The number of hydrogen-bond acceptors (Lipinski definition) is 3. The number of hydrogen-bond donors (Lipinski definition) is 0. The van der Waals surface area contributed by atoms with Gasteiger partial charge in [0, 0.05) is 25.5 Å². The van der Waals surface area contributed by atoms with Gasteiger partial charge in [0.15, 0.2) is 5.82 Å². The van der Waals surface area contributed by atoms with E-state index in [9.17, 15) is 4.79 Å². The Morgan fingerprint density at radius 1 is 1.35 bits per heavy atom. The first-order chi connectivity index (χ1) is 8.15. The number of aryl methyl sites for hydroxylation is 1. The standard InChI is InChI=1S/C13H22N2O2/c1-5-13(6-2,17-8-4)11(16)12-14-9-10-15(12)7-3/h9-10H,5-8H2,1-4H3. The molecule has 1 aromatic rings. The smallest absolute Gasteiger partial charge is 0.229 e. The van der Waals surface area contributed by atoms with Crippen molar-refractivity contribution in [2.24, 2.45) is 0 Å². The SMILES string of the molecule is CCOC(CC)(CC)C(=O)c1nccn1CC. The van der Waals surface area contributed by atoms with Crippen LogP contribution in [-0.2, 0) is 11.3 Å². The number of nitrogens with zero attached hydrogens (tertiary/aromatic N) is 2. The molecular formula is C13H22N2O2. The molecule has 4 heteroatoms. The summed E-state index contributed by atoms with van der Waals surface area (Å²) in [7, 11) is 0. The third-order valence-corrected chi connectivity index (χ3v) is 3.24. The molecule has 0 radical (unpaired) electrons. The predicted octanol–water partition coefficient (Wildman–Crippen LogP) is 2.68. The first-order valence-corrected chi connectivity index (χ1v) is 6.35. The number of rotatable bonds is 7. The fourth-order valence-corrected chi connectivity index (χ4v) is 2.09. The minimum atomic E-state index is -0.715. The Morgan fingerprint density at radius 3 is 2.47 bits per heavy atom. The Balaban J connectivity index is 3.07. The highest BCUT2D eigenvalue weighted by Crippen LogP contribution is 2.25. The summed E-state index contributed by atoms with van der Waals surface area (Å²) in [6.45, 7) is 9.17. The van der Waals surface area contributed by atoms with Crippen molar-refractivity contribution in [2.45, 2.75) is 52.7 Å². The normalized spacial score (nSPS) is 11.8. The Hall–Kier alpha value is -1.16. The molecule has 1 rings (SSSR count). The third kappa shape index (κ3) is 2.57. The van der Waals surface area contributed by atoms with Crippen LogP contribution in [0, 0.1) is 0 Å². The van der Waals surface area contributed by atoms with E-state index < -0.39 is 5.60 Å². The average molecular weight is 238 g/mol. The van der Waals surface area contributed by atoms with E-state index in [4.69, 9.17) is 4.74 Å². The summed E-state index contributed by atoms with van der Waals surface area (Å²) in [5, 5.41) is 0. The van der Waals surface area contributed by atoms with Crippen molar-refractivity contribution in [2.75, 3.05) is 6.61 Å². The van der Waals surface area contributed by atoms with Crippen molar-refractivity contribution in [3.63, 3.8) is 0 Å². The first kappa shape index (κ1) is 13.9. The highest BCUT2D eigenvalue weighted by Gasteiger charge is 2.38. The van der Waals surface area contributed by atoms with Gasteiger partial charge >= 0.3 is 0 Å². The molecule has 0 aliphatic rings. The number of ether oxygens (including phenoxy) is 1. The van der Waals surface area contributed by atoms with E-state index in [1.54, 1.807) is 6.20 Å². The largest absolute Gasteiger partial charge is 0.367 e. The van der Waals surface area contributed by atoms with Crippen molar-refractivity contribution in [3.8, 4) is 0 Å². The van der Waals surface area contributed by atoms with Gasteiger partial charge in [-0.2, -0.15) is 0 Å².